The maximum Gasteiger partial charge on any atom is 0.343 e. The Kier molecular flexibility index (Phi) is 7.31. The molecule has 164 valence electrons. The minimum absolute atomic E-state index is 0.136. The summed E-state index contributed by atoms with van der Waals surface area (Å²) < 4.78 is 5.64. The van der Waals surface area contributed by atoms with Crippen LogP contribution in [0.4, 0.5) is 0 Å². The van der Waals surface area contributed by atoms with Gasteiger partial charge in [-0.1, -0.05) is 66.7 Å². The van der Waals surface area contributed by atoms with Crippen LogP contribution >= 0.6 is 0 Å². The lowest BCUT2D eigenvalue weighted by atomic mass is 10.0. The molecule has 0 saturated carbocycles. The van der Waals surface area contributed by atoms with Crippen LogP contribution in [-0.2, 0) is 17.6 Å². The number of carbonyl (C=O) groups excluding carboxylic acids is 2. The first-order chi connectivity index (χ1) is 15.7. The second-order valence-electron chi connectivity index (χ2n) is 8.00. The van der Waals surface area contributed by atoms with Crippen LogP contribution < -0.4 is 10.1 Å². The number of rotatable bonds is 7. The molecule has 1 N–H and O–H groups in total. The van der Waals surface area contributed by atoms with Crippen molar-refractivity contribution >= 4 is 11.9 Å². The van der Waals surface area contributed by atoms with Gasteiger partial charge >= 0.3 is 5.97 Å². The zero-order valence-corrected chi connectivity index (χ0v) is 18.1. The van der Waals surface area contributed by atoms with E-state index >= 15 is 0 Å². The molecule has 0 aromatic heterocycles. The van der Waals surface area contributed by atoms with Crippen LogP contribution in [0.5, 0.6) is 5.75 Å². The van der Waals surface area contributed by atoms with E-state index in [1.807, 2.05) is 47.4 Å². The summed E-state index contributed by atoms with van der Waals surface area (Å²) in [6.07, 6.45) is 1.75. The van der Waals surface area contributed by atoms with Gasteiger partial charge in [0.05, 0.1) is 5.56 Å². The predicted molar refractivity (Wildman–Crippen MR) is 125 cm³/mol. The lowest BCUT2D eigenvalue weighted by Gasteiger charge is -2.36. The Morgan fingerprint density at radius 1 is 0.906 bits per heavy atom. The maximum absolute atomic E-state index is 13.1. The highest BCUT2D eigenvalue weighted by Crippen LogP contribution is 2.22. The molecule has 32 heavy (non-hydrogen) atoms. The molecule has 1 aliphatic heterocycles. The molecule has 0 aliphatic carbocycles. The zero-order valence-electron chi connectivity index (χ0n) is 18.1. The highest BCUT2D eigenvalue weighted by atomic mass is 16.5. The highest BCUT2D eigenvalue weighted by molar-refractivity contribution is 5.91. The van der Waals surface area contributed by atoms with E-state index in [4.69, 9.17) is 4.74 Å². The summed E-state index contributed by atoms with van der Waals surface area (Å²) in [5.74, 6) is 0.251. The van der Waals surface area contributed by atoms with Crippen LogP contribution in [0.15, 0.2) is 84.9 Å². The van der Waals surface area contributed by atoms with Crippen LogP contribution in [0, 0.1) is 0 Å². The zero-order chi connectivity index (χ0) is 22.2. The number of para-hydroxylation sites is 1. The number of aryl methyl sites for hydroxylation is 1. The van der Waals surface area contributed by atoms with Crippen LogP contribution in [0.2, 0.25) is 0 Å². The Morgan fingerprint density at radius 3 is 2.38 bits per heavy atom. The fraction of sp³-hybridized carbons (Fsp3) is 0.259. The third-order valence-corrected chi connectivity index (χ3v) is 5.78. The Hall–Kier alpha value is -3.44. The number of benzene rings is 3. The number of esters is 1. The van der Waals surface area contributed by atoms with Crippen molar-refractivity contribution in [3.63, 3.8) is 0 Å². The van der Waals surface area contributed by atoms with E-state index in [2.05, 4.69) is 17.4 Å². The molecule has 5 nitrogen and oxygen atoms in total. The first kappa shape index (κ1) is 21.8. The topological polar surface area (TPSA) is 58.6 Å². The summed E-state index contributed by atoms with van der Waals surface area (Å²) in [4.78, 5) is 27.6. The van der Waals surface area contributed by atoms with Gasteiger partial charge in [-0.25, -0.2) is 4.79 Å². The van der Waals surface area contributed by atoms with Crippen LogP contribution in [0.3, 0.4) is 0 Å². The van der Waals surface area contributed by atoms with Crippen molar-refractivity contribution in [2.75, 3.05) is 19.6 Å². The first-order valence-corrected chi connectivity index (χ1v) is 11.1. The van der Waals surface area contributed by atoms with Crippen molar-refractivity contribution < 1.29 is 14.3 Å². The average molecular weight is 429 g/mol. The van der Waals surface area contributed by atoms with Crippen molar-refractivity contribution in [1.82, 2.24) is 10.2 Å². The molecule has 1 amide bonds. The quantitative estimate of drug-likeness (QED) is 0.458. The van der Waals surface area contributed by atoms with E-state index in [9.17, 15) is 9.59 Å². The molecule has 1 saturated heterocycles. The number of hydrogen-bond donors (Lipinski definition) is 1. The molecule has 1 heterocycles. The van der Waals surface area contributed by atoms with Crippen molar-refractivity contribution in [1.29, 1.82) is 0 Å². The van der Waals surface area contributed by atoms with Crippen molar-refractivity contribution in [3.8, 4) is 5.75 Å². The summed E-state index contributed by atoms with van der Waals surface area (Å²) in [6, 6.07) is 26.8. The van der Waals surface area contributed by atoms with E-state index < -0.39 is 5.97 Å². The Balaban J connectivity index is 1.39. The molecule has 1 fully saturated rings. The molecule has 0 spiro atoms. The van der Waals surface area contributed by atoms with Crippen molar-refractivity contribution in [3.05, 3.63) is 102 Å². The predicted octanol–water partition coefficient (Wildman–Crippen LogP) is 3.88. The largest absolute Gasteiger partial charge is 0.423 e. The molecular weight excluding hydrogens is 400 g/mol. The number of amides is 1. The van der Waals surface area contributed by atoms with Crippen molar-refractivity contribution in [2.24, 2.45) is 0 Å². The number of carbonyl (C=O) groups is 2. The normalized spacial score (nSPS) is 15.9. The minimum Gasteiger partial charge on any atom is -0.423 e. The first-order valence-electron chi connectivity index (χ1n) is 11.1. The fourth-order valence-electron chi connectivity index (χ4n) is 4.09. The van der Waals surface area contributed by atoms with E-state index in [1.54, 1.807) is 30.3 Å². The van der Waals surface area contributed by atoms with E-state index in [0.29, 0.717) is 30.7 Å². The average Bonchev–Trinajstić information content (AvgIpc) is 2.85. The summed E-state index contributed by atoms with van der Waals surface area (Å²) in [5.41, 5.74) is 2.60. The second kappa shape index (κ2) is 10.7. The van der Waals surface area contributed by atoms with Gasteiger partial charge in [-0.2, -0.15) is 0 Å². The molecule has 0 radical (unpaired) electrons. The molecule has 4 rings (SSSR count). The van der Waals surface area contributed by atoms with E-state index in [1.165, 1.54) is 5.56 Å². The SMILES string of the molecule is O=C(Oc1ccccc1CCC(=O)N1CCNCC1Cc1ccccc1)c1ccccc1. The lowest BCUT2D eigenvalue weighted by Crippen LogP contribution is -2.54. The van der Waals surface area contributed by atoms with Gasteiger partial charge in [0, 0.05) is 32.1 Å². The standard InChI is InChI=1S/C27H28N2O3/c30-26(29-18-17-28-20-24(29)19-21-9-3-1-4-10-21)16-15-22-11-7-8-14-25(22)32-27(31)23-12-5-2-6-13-23/h1-14,24,28H,15-20H2. The van der Waals surface area contributed by atoms with Gasteiger partial charge in [-0.3, -0.25) is 4.79 Å². The summed E-state index contributed by atoms with van der Waals surface area (Å²) in [6.45, 7) is 2.31. The third-order valence-electron chi connectivity index (χ3n) is 5.78. The number of hydrogen-bond acceptors (Lipinski definition) is 4. The summed E-state index contributed by atoms with van der Waals surface area (Å²) >= 11 is 0. The van der Waals surface area contributed by atoms with Gasteiger partial charge in [0.1, 0.15) is 5.75 Å². The smallest absolute Gasteiger partial charge is 0.343 e. The minimum atomic E-state index is -0.394. The molecule has 5 heteroatoms. The number of piperazine rings is 1. The third kappa shape index (κ3) is 5.62. The molecular formula is C27H28N2O3. The lowest BCUT2D eigenvalue weighted by molar-refractivity contribution is -0.134. The molecule has 3 aromatic carbocycles. The van der Waals surface area contributed by atoms with Gasteiger partial charge in [-0.05, 0) is 42.2 Å². The molecule has 0 bridgehead atoms. The molecule has 1 atom stereocenters. The Bertz CT molecular complexity index is 1040. The summed E-state index contributed by atoms with van der Waals surface area (Å²) in [5, 5.41) is 3.41. The van der Waals surface area contributed by atoms with Gasteiger partial charge in [-0.15, -0.1) is 0 Å². The van der Waals surface area contributed by atoms with Crippen LogP contribution in [0.1, 0.15) is 27.9 Å². The maximum atomic E-state index is 13.1. The number of nitrogens with one attached hydrogen (secondary N) is 1. The second-order valence-corrected chi connectivity index (χ2v) is 8.00. The highest BCUT2D eigenvalue weighted by Gasteiger charge is 2.26. The van der Waals surface area contributed by atoms with Crippen molar-refractivity contribution in [2.45, 2.75) is 25.3 Å². The number of ether oxygens (including phenoxy) is 1. The van der Waals surface area contributed by atoms with Gasteiger partial charge in [0.2, 0.25) is 5.91 Å². The fourth-order valence-corrected chi connectivity index (χ4v) is 4.09. The molecule has 1 unspecified atom stereocenters. The van der Waals surface area contributed by atoms with Gasteiger partial charge in [0.25, 0.3) is 0 Å². The van der Waals surface area contributed by atoms with Crippen LogP contribution in [-0.4, -0.2) is 42.5 Å². The Labute approximate surface area is 189 Å². The Morgan fingerprint density at radius 2 is 1.59 bits per heavy atom. The monoisotopic (exact) mass is 428 g/mol. The van der Waals surface area contributed by atoms with Gasteiger partial charge in [0.15, 0.2) is 0 Å². The molecule has 3 aromatic rings. The summed E-state index contributed by atoms with van der Waals surface area (Å²) in [7, 11) is 0. The van der Waals surface area contributed by atoms with E-state index in [-0.39, 0.29) is 11.9 Å². The number of nitrogens with zero attached hydrogens (tertiary/aromatic N) is 1. The van der Waals surface area contributed by atoms with Crippen LogP contribution in [0.25, 0.3) is 0 Å². The molecule has 1 aliphatic rings. The van der Waals surface area contributed by atoms with Gasteiger partial charge < -0.3 is 15.0 Å². The van der Waals surface area contributed by atoms with E-state index in [0.717, 1.165) is 25.1 Å².